The first-order valence-corrected chi connectivity index (χ1v) is 10.5. The van der Waals surface area contributed by atoms with Gasteiger partial charge >= 0.3 is 0 Å². The summed E-state index contributed by atoms with van der Waals surface area (Å²) in [6.45, 7) is 6.08. The summed E-state index contributed by atoms with van der Waals surface area (Å²) in [7, 11) is 0. The smallest absolute Gasteiger partial charge is 0.265 e. The number of fused-ring (bicyclic) bond motifs is 2. The van der Waals surface area contributed by atoms with Crippen molar-refractivity contribution in [2.75, 3.05) is 5.32 Å². The number of anilines is 1. The Labute approximate surface area is 177 Å². The highest BCUT2D eigenvalue weighted by Crippen LogP contribution is 2.31. The molecular formula is C22H20N6OS. The molecule has 1 amide bonds. The molecular weight excluding hydrogens is 396 g/mol. The number of thiophene rings is 1. The predicted octanol–water partition coefficient (Wildman–Crippen LogP) is 4.97. The van der Waals surface area contributed by atoms with Crippen molar-refractivity contribution in [3.05, 3.63) is 65.4 Å². The quantitative estimate of drug-likeness (QED) is 0.448. The van der Waals surface area contributed by atoms with Crippen molar-refractivity contribution in [3.63, 3.8) is 0 Å². The number of benzene rings is 1. The van der Waals surface area contributed by atoms with Crippen LogP contribution in [0.4, 0.5) is 5.69 Å². The average molecular weight is 417 g/mol. The fourth-order valence-corrected chi connectivity index (χ4v) is 4.56. The molecule has 150 valence electrons. The van der Waals surface area contributed by atoms with Crippen molar-refractivity contribution in [2.45, 2.75) is 26.8 Å². The number of aryl methyl sites for hydroxylation is 1. The van der Waals surface area contributed by atoms with Gasteiger partial charge in [-0.25, -0.2) is 14.3 Å². The fraction of sp³-hybridized carbons (Fsp3) is 0.182. The van der Waals surface area contributed by atoms with E-state index in [1.807, 2.05) is 58.8 Å². The van der Waals surface area contributed by atoms with Gasteiger partial charge in [-0.3, -0.25) is 4.79 Å². The van der Waals surface area contributed by atoms with Gasteiger partial charge in [-0.05, 0) is 45.0 Å². The summed E-state index contributed by atoms with van der Waals surface area (Å²) in [5.41, 5.74) is 3.33. The minimum atomic E-state index is -0.160. The van der Waals surface area contributed by atoms with Gasteiger partial charge in [0.1, 0.15) is 4.83 Å². The monoisotopic (exact) mass is 416 g/mol. The van der Waals surface area contributed by atoms with Crippen LogP contribution < -0.4 is 5.32 Å². The molecule has 0 atom stereocenters. The van der Waals surface area contributed by atoms with E-state index in [0.717, 1.165) is 32.6 Å². The Morgan fingerprint density at radius 2 is 1.93 bits per heavy atom. The van der Waals surface area contributed by atoms with Crippen molar-refractivity contribution < 1.29 is 4.79 Å². The lowest BCUT2D eigenvalue weighted by atomic mass is 10.3. The summed E-state index contributed by atoms with van der Waals surface area (Å²) < 4.78 is 3.76. The second-order valence-corrected chi connectivity index (χ2v) is 8.47. The molecule has 0 spiro atoms. The van der Waals surface area contributed by atoms with Gasteiger partial charge in [0.05, 0.1) is 34.3 Å². The Kier molecular flexibility index (Phi) is 4.36. The first-order valence-electron chi connectivity index (χ1n) is 9.70. The van der Waals surface area contributed by atoms with Crippen LogP contribution in [-0.4, -0.2) is 30.5 Å². The fourth-order valence-electron chi connectivity index (χ4n) is 3.48. The molecule has 0 aliphatic carbocycles. The number of carbonyl (C=O) groups excluding carboxylic acids is 1. The van der Waals surface area contributed by atoms with E-state index in [1.54, 1.807) is 12.4 Å². The third-order valence-corrected chi connectivity index (χ3v) is 6.06. The molecule has 0 fully saturated rings. The molecule has 0 saturated heterocycles. The number of rotatable bonds is 4. The Morgan fingerprint density at radius 1 is 1.13 bits per heavy atom. The van der Waals surface area contributed by atoms with E-state index in [-0.39, 0.29) is 11.9 Å². The van der Waals surface area contributed by atoms with Gasteiger partial charge in [-0.1, -0.05) is 18.2 Å². The SMILES string of the molecule is Cc1nn(-c2ccccc2)c2sc(C(=O)Nc3cnc4c(cnn4C(C)C)c3)cc12. The first-order chi connectivity index (χ1) is 14.5. The highest BCUT2D eigenvalue weighted by Gasteiger charge is 2.18. The second kappa shape index (κ2) is 7.07. The Hall–Kier alpha value is -3.52. The van der Waals surface area contributed by atoms with Crippen LogP contribution >= 0.6 is 11.3 Å². The molecule has 0 saturated carbocycles. The van der Waals surface area contributed by atoms with Crippen LogP contribution in [0.3, 0.4) is 0 Å². The number of para-hydroxylation sites is 1. The minimum absolute atomic E-state index is 0.160. The maximum Gasteiger partial charge on any atom is 0.265 e. The van der Waals surface area contributed by atoms with E-state index in [0.29, 0.717) is 10.6 Å². The van der Waals surface area contributed by atoms with Crippen LogP contribution in [0.15, 0.2) is 54.9 Å². The number of nitrogens with one attached hydrogen (secondary N) is 1. The first kappa shape index (κ1) is 18.5. The number of hydrogen-bond donors (Lipinski definition) is 1. The van der Waals surface area contributed by atoms with Crippen LogP contribution in [-0.2, 0) is 0 Å². The van der Waals surface area contributed by atoms with E-state index in [9.17, 15) is 4.79 Å². The molecule has 0 unspecified atom stereocenters. The normalized spacial score (nSPS) is 11.6. The zero-order valence-corrected chi connectivity index (χ0v) is 17.6. The summed E-state index contributed by atoms with van der Waals surface area (Å²) in [5, 5.41) is 13.9. The Balaban J connectivity index is 1.46. The number of pyridine rings is 1. The third kappa shape index (κ3) is 3.05. The van der Waals surface area contributed by atoms with E-state index < -0.39 is 0 Å². The minimum Gasteiger partial charge on any atom is -0.320 e. The topological polar surface area (TPSA) is 77.6 Å². The van der Waals surface area contributed by atoms with Gasteiger partial charge in [0.2, 0.25) is 0 Å². The molecule has 1 aromatic carbocycles. The van der Waals surface area contributed by atoms with Crippen molar-refractivity contribution in [3.8, 4) is 5.69 Å². The summed E-state index contributed by atoms with van der Waals surface area (Å²) in [6, 6.07) is 14.0. The summed E-state index contributed by atoms with van der Waals surface area (Å²) in [4.78, 5) is 19.0. The lowest BCUT2D eigenvalue weighted by Crippen LogP contribution is -2.10. The molecule has 1 N–H and O–H groups in total. The maximum atomic E-state index is 12.9. The summed E-state index contributed by atoms with van der Waals surface area (Å²) >= 11 is 1.43. The van der Waals surface area contributed by atoms with Crippen LogP contribution in [0.5, 0.6) is 0 Å². The predicted molar refractivity (Wildman–Crippen MR) is 120 cm³/mol. The standard InChI is InChI=1S/C22H20N6OS/c1-13(2)27-20-15(11-24-27)9-16(12-23-20)25-21(29)19-10-18-14(3)26-28(22(18)30-19)17-7-5-4-6-8-17/h4-13H,1-3H3,(H,25,29). The van der Waals surface area contributed by atoms with Gasteiger partial charge in [0.25, 0.3) is 5.91 Å². The van der Waals surface area contributed by atoms with Crippen LogP contribution in [0, 0.1) is 6.92 Å². The second-order valence-electron chi connectivity index (χ2n) is 7.44. The van der Waals surface area contributed by atoms with E-state index >= 15 is 0 Å². The summed E-state index contributed by atoms with van der Waals surface area (Å²) in [6.07, 6.45) is 3.44. The Bertz CT molecular complexity index is 1380. The highest BCUT2D eigenvalue weighted by atomic mass is 32.1. The Morgan fingerprint density at radius 3 is 2.70 bits per heavy atom. The number of nitrogens with zero attached hydrogens (tertiary/aromatic N) is 5. The molecule has 0 aliphatic rings. The van der Waals surface area contributed by atoms with E-state index in [1.165, 1.54) is 11.3 Å². The average Bonchev–Trinajstić information content (AvgIpc) is 3.43. The lowest BCUT2D eigenvalue weighted by molar-refractivity contribution is 0.103. The number of carbonyl (C=O) groups is 1. The van der Waals surface area contributed by atoms with Gasteiger partial charge in [-0.2, -0.15) is 10.2 Å². The van der Waals surface area contributed by atoms with Crippen molar-refractivity contribution >= 4 is 44.2 Å². The molecule has 5 aromatic rings. The van der Waals surface area contributed by atoms with Gasteiger partial charge in [-0.15, -0.1) is 11.3 Å². The van der Waals surface area contributed by atoms with Crippen molar-refractivity contribution in [2.24, 2.45) is 0 Å². The van der Waals surface area contributed by atoms with Gasteiger partial charge < -0.3 is 5.32 Å². The zero-order valence-electron chi connectivity index (χ0n) is 16.8. The van der Waals surface area contributed by atoms with Crippen LogP contribution in [0.2, 0.25) is 0 Å². The molecule has 30 heavy (non-hydrogen) atoms. The van der Waals surface area contributed by atoms with E-state index in [4.69, 9.17) is 0 Å². The molecule has 0 radical (unpaired) electrons. The number of aromatic nitrogens is 5. The molecule has 8 heteroatoms. The number of amides is 1. The van der Waals surface area contributed by atoms with Gasteiger partial charge in [0, 0.05) is 16.8 Å². The van der Waals surface area contributed by atoms with Crippen molar-refractivity contribution in [1.29, 1.82) is 0 Å². The largest absolute Gasteiger partial charge is 0.320 e. The summed E-state index contributed by atoms with van der Waals surface area (Å²) in [5.74, 6) is -0.160. The molecule has 4 aromatic heterocycles. The van der Waals surface area contributed by atoms with Gasteiger partial charge in [0.15, 0.2) is 5.65 Å². The molecule has 4 heterocycles. The zero-order chi connectivity index (χ0) is 20.8. The van der Waals surface area contributed by atoms with Crippen LogP contribution in [0.1, 0.15) is 35.3 Å². The maximum absolute atomic E-state index is 12.9. The molecule has 0 bridgehead atoms. The number of hydrogen-bond acceptors (Lipinski definition) is 5. The lowest BCUT2D eigenvalue weighted by Gasteiger charge is -2.07. The molecule has 0 aliphatic heterocycles. The molecule has 7 nitrogen and oxygen atoms in total. The third-order valence-electron chi connectivity index (χ3n) is 4.95. The highest BCUT2D eigenvalue weighted by molar-refractivity contribution is 7.20. The van der Waals surface area contributed by atoms with Crippen LogP contribution in [0.25, 0.3) is 26.9 Å². The van der Waals surface area contributed by atoms with Crippen molar-refractivity contribution in [1.82, 2.24) is 24.5 Å². The van der Waals surface area contributed by atoms with E-state index in [2.05, 4.69) is 34.3 Å². The molecule has 5 rings (SSSR count).